The molecule has 1 heterocycles. The van der Waals surface area contributed by atoms with Gasteiger partial charge in [0, 0.05) is 5.56 Å². The van der Waals surface area contributed by atoms with Crippen molar-refractivity contribution in [2.75, 3.05) is 0 Å². The Kier molecular flexibility index (Phi) is 3.89. The van der Waals surface area contributed by atoms with Crippen LogP contribution in [0.25, 0.3) is 11.4 Å². The van der Waals surface area contributed by atoms with E-state index < -0.39 is 6.23 Å². The highest BCUT2D eigenvalue weighted by Gasteiger charge is 2.17. The van der Waals surface area contributed by atoms with E-state index in [1.54, 1.807) is 20.8 Å². The Morgan fingerprint density at radius 2 is 1.89 bits per heavy atom. The van der Waals surface area contributed by atoms with E-state index in [0.29, 0.717) is 5.82 Å². The molecule has 0 saturated carbocycles. The summed E-state index contributed by atoms with van der Waals surface area (Å²) in [6.07, 6.45) is -0.570. The Morgan fingerprint density at radius 3 is 2.53 bits per heavy atom. The Hall–Kier alpha value is -2.24. The first-order valence-corrected chi connectivity index (χ1v) is 6.13. The molecule has 0 N–H and O–H groups in total. The van der Waals surface area contributed by atoms with Gasteiger partial charge in [0.15, 0.2) is 0 Å². The van der Waals surface area contributed by atoms with Crippen molar-refractivity contribution in [2.45, 2.75) is 27.0 Å². The van der Waals surface area contributed by atoms with Crippen molar-refractivity contribution < 1.29 is 9.53 Å². The van der Waals surface area contributed by atoms with E-state index in [0.717, 1.165) is 5.56 Å². The van der Waals surface area contributed by atoms with Gasteiger partial charge in [-0.25, -0.2) is 0 Å². The lowest BCUT2D eigenvalue weighted by Crippen LogP contribution is -2.20. The summed E-state index contributed by atoms with van der Waals surface area (Å²) in [5, 5.41) is 12.1. The van der Waals surface area contributed by atoms with Crippen LogP contribution < -0.4 is 0 Å². The highest BCUT2D eigenvalue weighted by molar-refractivity contribution is 5.71. The standard InChI is InChI=1S/C13H16N4O2/c1-9(2)13(18)19-10(3)17-15-12(14-16-17)11-7-5-4-6-8-11/h4-10H,1-3H3. The van der Waals surface area contributed by atoms with Gasteiger partial charge in [0.05, 0.1) is 5.92 Å². The number of tetrazole rings is 1. The molecule has 1 atom stereocenters. The monoisotopic (exact) mass is 260 g/mol. The second-order valence-corrected chi connectivity index (χ2v) is 4.49. The van der Waals surface area contributed by atoms with Crippen LogP contribution in [0.5, 0.6) is 0 Å². The first-order valence-electron chi connectivity index (χ1n) is 6.13. The van der Waals surface area contributed by atoms with E-state index in [2.05, 4.69) is 15.4 Å². The molecular formula is C13H16N4O2. The average molecular weight is 260 g/mol. The number of carbonyl (C=O) groups is 1. The molecule has 6 nitrogen and oxygen atoms in total. The van der Waals surface area contributed by atoms with Crippen LogP contribution in [-0.2, 0) is 9.53 Å². The SMILES string of the molecule is CC(C)C(=O)OC(C)n1nnc(-c2ccccc2)n1. The molecule has 2 aromatic rings. The number of esters is 1. The van der Waals surface area contributed by atoms with Gasteiger partial charge in [-0.1, -0.05) is 44.2 Å². The summed E-state index contributed by atoms with van der Waals surface area (Å²) in [4.78, 5) is 12.8. The lowest BCUT2D eigenvalue weighted by Gasteiger charge is -2.12. The average Bonchev–Trinajstić information content (AvgIpc) is 2.89. The van der Waals surface area contributed by atoms with Gasteiger partial charge in [0.2, 0.25) is 12.1 Å². The number of ether oxygens (including phenoxy) is 1. The molecule has 0 aliphatic rings. The van der Waals surface area contributed by atoms with E-state index in [-0.39, 0.29) is 11.9 Å². The van der Waals surface area contributed by atoms with E-state index >= 15 is 0 Å². The summed E-state index contributed by atoms with van der Waals surface area (Å²) in [5.74, 6) is 0.0404. The van der Waals surface area contributed by atoms with Crippen LogP contribution in [0, 0.1) is 5.92 Å². The van der Waals surface area contributed by atoms with Gasteiger partial charge in [0.25, 0.3) is 0 Å². The summed E-state index contributed by atoms with van der Waals surface area (Å²) >= 11 is 0. The minimum atomic E-state index is -0.570. The molecule has 0 amide bonds. The van der Waals surface area contributed by atoms with Crippen LogP contribution >= 0.6 is 0 Å². The van der Waals surface area contributed by atoms with E-state index in [1.807, 2.05) is 30.3 Å². The van der Waals surface area contributed by atoms with Crippen molar-refractivity contribution >= 4 is 5.97 Å². The Morgan fingerprint density at radius 1 is 1.21 bits per heavy atom. The fraction of sp³-hybridized carbons (Fsp3) is 0.385. The number of hydrogen-bond acceptors (Lipinski definition) is 5. The molecule has 100 valence electrons. The van der Waals surface area contributed by atoms with Crippen LogP contribution in [0.2, 0.25) is 0 Å². The van der Waals surface area contributed by atoms with Gasteiger partial charge < -0.3 is 4.74 Å². The molecule has 1 aromatic heterocycles. The summed E-state index contributed by atoms with van der Waals surface area (Å²) in [5.41, 5.74) is 0.871. The van der Waals surface area contributed by atoms with Gasteiger partial charge in [0.1, 0.15) is 0 Å². The second kappa shape index (κ2) is 5.60. The van der Waals surface area contributed by atoms with Crippen LogP contribution in [0.3, 0.4) is 0 Å². The number of rotatable bonds is 4. The van der Waals surface area contributed by atoms with Crippen molar-refractivity contribution in [1.29, 1.82) is 0 Å². The second-order valence-electron chi connectivity index (χ2n) is 4.49. The zero-order chi connectivity index (χ0) is 13.8. The summed E-state index contributed by atoms with van der Waals surface area (Å²) in [6, 6.07) is 9.51. The van der Waals surface area contributed by atoms with Crippen molar-refractivity contribution in [2.24, 2.45) is 5.92 Å². The lowest BCUT2D eigenvalue weighted by molar-refractivity contribution is -0.158. The summed E-state index contributed by atoms with van der Waals surface area (Å²) < 4.78 is 5.21. The summed E-state index contributed by atoms with van der Waals surface area (Å²) in [6.45, 7) is 5.26. The Bertz CT molecular complexity index is 551. The number of hydrogen-bond donors (Lipinski definition) is 0. The zero-order valence-corrected chi connectivity index (χ0v) is 11.1. The molecule has 0 spiro atoms. The predicted molar refractivity (Wildman–Crippen MR) is 68.9 cm³/mol. The number of benzene rings is 1. The quantitative estimate of drug-likeness (QED) is 0.787. The normalized spacial score (nSPS) is 12.4. The fourth-order valence-corrected chi connectivity index (χ4v) is 1.43. The molecule has 0 bridgehead atoms. The van der Waals surface area contributed by atoms with Gasteiger partial charge in [-0.3, -0.25) is 4.79 Å². The summed E-state index contributed by atoms with van der Waals surface area (Å²) in [7, 11) is 0. The number of carbonyl (C=O) groups excluding carboxylic acids is 1. The molecule has 0 aliphatic heterocycles. The van der Waals surface area contributed by atoms with Crippen molar-refractivity contribution in [3.05, 3.63) is 30.3 Å². The first-order chi connectivity index (χ1) is 9.08. The van der Waals surface area contributed by atoms with Crippen LogP contribution in [-0.4, -0.2) is 26.2 Å². The molecule has 2 rings (SSSR count). The molecule has 1 aromatic carbocycles. The third kappa shape index (κ3) is 3.15. The Balaban J connectivity index is 2.11. The minimum Gasteiger partial charge on any atom is -0.438 e. The van der Waals surface area contributed by atoms with Gasteiger partial charge in [-0.05, 0) is 12.1 Å². The molecule has 19 heavy (non-hydrogen) atoms. The largest absolute Gasteiger partial charge is 0.438 e. The third-order valence-electron chi connectivity index (χ3n) is 2.54. The number of aromatic nitrogens is 4. The molecule has 6 heteroatoms. The smallest absolute Gasteiger partial charge is 0.310 e. The van der Waals surface area contributed by atoms with Crippen molar-refractivity contribution in [1.82, 2.24) is 20.2 Å². The maximum atomic E-state index is 11.5. The highest BCUT2D eigenvalue weighted by Crippen LogP contribution is 2.14. The lowest BCUT2D eigenvalue weighted by atomic mass is 10.2. The van der Waals surface area contributed by atoms with Crippen molar-refractivity contribution in [3.8, 4) is 11.4 Å². The topological polar surface area (TPSA) is 69.9 Å². The zero-order valence-electron chi connectivity index (χ0n) is 11.1. The molecule has 1 unspecified atom stereocenters. The molecule has 0 fully saturated rings. The first kappa shape index (κ1) is 13.2. The van der Waals surface area contributed by atoms with E-state index in [4.69, 9.17) is 4.74 Å². The maximum Gasteiger partial charge on any atom is 0.310 e. The molecule has 0 radical (unpaired) electrons. The predicted octanol–water partition coefficient (Wildman–Crippen LogP) is 2.06. The third-order valence-corrected chi connectivity index (χ3v) is 2.54. The Labute approximate surface area is 111 Å². The minimum absolute atomic E-state index is 0.181. The van der Waals surface area contributed by atoms with Crippen molar-refractivity contribution in [3.63, 3.8) is 0 Å². The highest BCUT2D eigenvalue weighted by atomic mass is 16.6. The van der Waals surface area contributed by atoms with Crippen LogP contribution in [0.4, 0.5) is 0 Å². The fourth-order valence-electron chi connectivity index (χ4n) is 1.43. The van der Waals surface area contributed by atoms with Gasteiger partial charge in [-0.15, -0.1) is 15.0 Å². The number of nitrogens with zero attached hydrogens (tertiary/aromatic N) is 4. The van der Waals surface area contributed by atoms with Gasteiger partial charge >= 0.3 is 5.97 Å². The van der Waals surface area contributed by atoms with Crippen LogP contribution in [0.15, 0.2) is 30.3 Å². The molecule has 0 saturated heterocycles. The van der Waals surface area contributed by atoms with Gasteiger partial charge in [-0.2, -0.15) is 0 Å². The molecular weight excluding hydrogens is 244 g/mol. The maximum absolute atomic E-state index is 11.5. The van der Waals surface area contributed by atoms with E-state index in [9.17, 15) is 4.79 Å². The molecule has 0 aliphatic carbocycles. The van der Waals surface area contributed by atoms with Crippen LogP contribution in [0.1, 0.15) is 27.0 Å². The van der Waals surface area contributed by atoms with E-state index in [1.165, 1.54) is 4.80 Å².